The first-order chi connectivity index (χ1) is 6.22. The quantitative estimate of drug-likeness (QED) is 0.740. The van der Waals surface area contributed by atoms with Gasteiger partial charge in [-0.25, -0.2) is 4.39 Å². The third-order valence-electron chi connectivity index (χ3n) is 2.05. The maximum absolute atomic E-state index is 13.0. The molecule has 0 N–H and O–H groups in total. The van der Waals surface area contributed by atoms with E-state index >= 15 is 0 Å². The first-order valence-corrected chi connectivity index (χ1v) is 4.86. The summed E-state index contributed by atoms with van der Waals surface area (Å²) in [5, 5.41) is 0.856. The highest BCUT2D eigenvalue weighted by atomic mass is 79.9. The van der Waals surface area contributed by atoms with E-state index in [9.17, 15) is 4.39 Å². The molecule has 0 saturated heterocycles. The first-order valence-electron chi connectivity index (χ1n) is 4.07. The van der Waals surface area contributed by atoms with Crippen molar-refractivity contribution in [1.82, 2.24) is 0 Å². The van der Waals surface area contributed by atoms with Crippen molar-refractivity contribution >= 4 is 26.9 Å². The highest BCUT2D eigenvalue weighted by molar-refractivity contribution is 9.10. The Balaban J connectivity index is 2.82. The van der Waals surface area contributed by atoms with E-state index in [0.717, 1.165) is 23.0 Å². The van der Waals surface area contributed by atoms with Crippen molar-refractivity contribution in [1.29, 1.82) is 0 Å². The van der Waals surface area contributed by atoms with Crippen molar-refractivity contribution < 1.29 is 8.81 Å². The van der Waals surface area contributed by atoms with Crippen molar-refractivity contribution in [2.75, 3.05) is 0 Å². The zero-order valence-corrected chi connectivity index (χ0v) is 8.69. The Hall–Kier alpha value is -0.830. The normalized spacial score (nSPS) is 11.0. The molecule has 0 spiro atoms. The van der Waals surface area contributed by atoms with Crippen molar-refractivity contribution in [3.63, 3.8) is 0 Å². The predicted octanol–water partition coefficient (Wildman–Crippen LogP) is 3.90. The summed E-state index contributed by atoms with van der Waals surface area (Å²) in [6, 6.07) is 2.91. The minimum Gasteiger partial charge on any atom is -0.463 e. The lowest BCUT2D eigenvalue weighted by Crippen LogP contribution is -1.79. The largest absolute Gasteiger partial charge is 0.463 e. The maximum atomic E-state index is 13.0. The van der Waals surface area contributed by atoms with Gasteiger partial charge in [0.15, 0.2) is 0 Å². The van der Waals surface area contributed by atoms with Crippen LogP contribution in [0.2, 0.25) is 0 Å². The molecule has 2 aromatic rings. The predicted molar refractivity (Wildman–Crippen MR) is 53.3 cm³/mol. The Kier molecular flexibility index (Phi) is 2.12. The summed E-state index contributed by atoms with van der Waals surface area (Å²) in [6.07, 6.45) is 2.53. The first kappa shape index (κ1) is 8.75. The highest BCUT2D eigenvalue weighted by Gasteiger charge is 2.08. The van der Waals surface area contributed by atoms with Gasteiger partial charge >= 0.3 is 0 Å². The van der Waals surface area contributed by atoms with E-state index in [0.29, 0.717) is 4.47 Å². The summed E-state index contributed by atoms with van der Waals surface area (Å²) < 4.78 is 19.0. The topological polar surface area (TPSA) is 13.1 Å². The van der Waals surface area contributed by atoms with Crippen LogP contribution in [-0.4, -0.2) is 0 Å². The molecule has 0 atom stereocenters. The molecule has 0 aliphatic carbocycles. The molecular weight excluding hydrogens is 235 g/mol. The standard InChI is InChI=1S/C10H8BrFO/c1-2-6-5-13-10-8(6)3-7(12)4-9(10)11/h3-5H,2H2,1H3. The molecule has 0 aliphatic rings. The number of benzene rings is 1. The molecule has 0 aliphatic heterocycles. The highest BCUT2D eigenvalue weighted by Crippen LogP contribution is 2.29. The molecule has 0 radical (unpaired) electrons. The van der Waals surface area contributed by atoms with Gasteiger partial charge in [0.25, 0.3) is 0 Å². The summed E-state index contributed by atoms with van der Waals surface area (Å²) in [4.78, 5) is 0. The fraction of sp³-hybridized carbons (Fsp3) is 0.200. The van der Waals surface area contributed by atoms with E-state index in [1.807, 2.05) is 6.92 Å². The lowest BCUT2D eigenvalue weighted by atomic mass is 10.1. The maximum Gasteiger partial charge on any atom is 0.148 e. The molecule has 0 fully saturated rings. The van der Waals surface area contributed by atoms with Crippen LogP contribution in [0.4, 0.5) is 4.39 Å². The summed E-state index contributed by atoms with van der Waals surface area (Å²) in [5.74, 6) is -0.240. The molecule has 0 amide bonds. The van der Waals surface area contributed by atoms with Gasteiger partial charge in [-0.3, -0.25) is 0 Å². The average Bonchev–Trinajstić information content (AvgIpc) is 2.47. The molecule has 1 aromatic heterocycles. The summed E-state index contributed by atoms with van der Waals surface area (Å²) in [6.45, 7) is 2.02. The molecule has 68 valence electrons. The van der Waals surface area contributed by atoms with Gasteiger partial charge in [0.1, 0.15) is 11.4 Å². The fourth-order valence-corrected chi connectivity index (χ4v) is 1.91. The SMILES string of the molecule is CCc1coc2c(Br)cc(F)cc12. The Labute approximate surface area is 83.7 Å². The van der Waals surface area contributed by atoms with Gasteiger partial charge in [-0.2, -0.15) is 0 Å². The van der Waals surface area contributed by atoms with E-state index in [1.54, 1.807) is 6.26 Å². The van der Waals surface area contributed by atoms with Crippen molar-refractivity contribution in [3.05, 3.63) is 34.2 Å². The lowest BCUT2D eigenvalue weighted by molar-refractivity contribution is 0.604. The second-order valence-electron chi connectivity index (χ2n) is 2.88. The van der Waals surface area contributed by atoms with Crippen molar-refractivity contribution in [2.24, 2.45) is 0 Å². The number of hydrogen-bond acceptors (Lipinski definition) is 1. The van der Waals surface area contributed by atoms with Crippen molar-refractivity contribution in [2.45, 2.75) is 13.3 Å². The third-order valence-corrected chi connectivity index (χ3v) is 2.64. The van der Waals surface area contributed by atoms with Gasteiger partial charge in [-0.1, -0.05) is 6.92 Å². The van der Waals surface area contributed by atoms with Crippen LogP contribution < -0.4 is 0 Å². The number of furan rings is 1. The van der Waals surface area contributed by atoms with E-state index in [2.05, 4.69) is 15.9 Å². The van der Waals surface area contributed by atoms with E-state index in [1.165, 1.54) is 12.1 Å². The lowest BCUT2D eigenvalue weighted by Gasteiger charge is -1.95. The number of rotatable bonds is 1. The molecule has 1 nitrogen and oxygen atoms in total. The van der Waals surface area contributed by atoms with Gasteiger partial charge in [-0.05, 0) is 40.0 Å². The van der Waals surface area contributed by atoms with Gasteiger partial charge < -0.3 is 4.42 Å². The molecule has 0 unspecified atom stereocenters. The summed E-state index contributed by atoms with van der Waals surface area (Å²) >= 11 is 3.26. The minimum atomic E-state index is -0.240. The molecule has 13 heavy (non-hydrogen) atoms. The molecule has 0 bridgehead atoms. The molecule has 3 heteroatoms. The Morgan fingerprint density at radius 3 is 2.92 bits per heavy atom. The molecule has 1 aromatic carbocycles. The van der Waals surface area contributed by atoms with Crippen LogP contribution in [0.3, 0.4) is 0 Å². The van der Waals surface area contributed by atoms with Gasteiger partial charge in [0, 0.05) is 5.39 Å². The smallest absolute Gasteiger partial charge is 0.148 e. The molecule has 1 heterocycles. The van der Waals surface area contributed by atoms with Crippen LogP contribution in [0.5, 0.6) is 0 Å². The van der Waals surface area contributed by atoms with Crippen LogP contribution in [0, 0.1) is 5.82 Å². The van der Waals surface area contributed by atoms with E-state index in [4.69, 9.17) is 4.42 Å². The van der Waals surface area contributed by atoms with Crippen LogP contribution in [-0.2, 0) is 6.42 Å². The number of aryl methyl sites for hydroxylation is 1. The number of halogens is 2. The second-order valence-corrected chi connectivity index (χ2v) is 3.73. The van der Waals surface area contributed by atoms with Gasteiger partial charge in [0.2, 0.25) is 0 Å². The van der Waals surface area contributed by atoms with Crippen LogP contribution >= 0.6 is 15.9 Å². The van der Waals surface area contributed by atoms with Gasteiger partial charge in [-0.15, -0.1) is 0 Å². The Morgan fingerprint density at radius 1 is 1.46 bits per heavy atom. The van der Waals surface area contributed by atoms with Crippen molar-refractivity contribution in [3.8, 4) is 0 Å². The molecule has 0 saturated carbocycles. The van der Waals surface area contributed by atoms with Crippen LogP contribution in [0.1, 0.15) is 12.5 Å². The average molecular weight is 243 g/mol. The fourth-order valence-electron chi connectivity index (χ4n) is 1.39. The van der Waals surface area contributed by atoms with Crippen LogP contribution in [0.15, 0.2) is 27.3 Å². The Morgan fingerprint density at radius 2 is 2.23 bits per heavy atom. The molecular formula is C10H8BrFO. The van der Waals surface area contributed by atoms with E-state index < -0.39 is 0 Å². The zero-order valence-electron chi connectivity index (χ0n) is 7.10. The Bertz CT molecular complexity index is 447. The second kappa shape index (κ2) is 3.14. The summed E-state index contributed by atoms with van der Waals surface area (Å²) in [7, 11) is 0. The van der Waals surface area contributed by atoms with E-state index in [-0.39, 0.29) is 5.82 Å². The zero-order chi connectivity index (χ0) is 9.42. The van der Waals surface area contributed by atoms with Gasteiger partial charge in [0.05, 0.1) is 10.7 Å². The van der Waals surface area contributed by atoms with Crippen LogP contribution in [0.25, 0.3) is 11.0 Å². The molecule has 2 rings (SSSR count). The minimum absolute atomic E-state index is 0.240. The third kappa shape index (κ3) is 1.37. The number of fused-ring (bicyclic) bond motifs is 1. The summed E-state index contributed by atoms with van der Waals surface area (Å²) in [5.41, 5.74) is 1.76. The monoisotopic (exact) mass is 242 g/mol. The number of hydrogen-bond donors (Lipinski definition) is 0.